The summed E-state index contributed by atoms with van der Waals surface area (Å²) in [6.07, 6.45) is 0.624. The molecular formula is C11H12Cl2FNO. The molecule has 88 valence electrons. The van der Waals surface area contributed by atoms with Crippen LogP contribution in [0.25, 0.3) is 0 Å². The highest BCUT2D eigenvalue weighted by Crippen LogP contribution is 2.18. The number of nitrogens with one attached hydrogen (secondary N) is 1. The molecule has 2 nitrogen and oxygen atoms in total. The fraction of sp³-hybridized carbons (Fsp3) is 0.364. The third kappa shape index (κ3) is 3.65. The first-order valence-electron chi connectivity index (χ1n) is 4.88. The van der Waals surface area contributed by atoms with Crippen molar-refractivity contribution in [2.75, 3.05) is 6.54 Å². The molecule has 0 aromatic heterocycles. The van der Waals surface area contributed by atoms with Gasteiger partial charge in [0.1, 0.15) is 5.82 Å². The molecule has 0 fully saturated rings. The second-order valence-corrected chi connectivity index (χ2v) is 4.57. The molecule has 1 atom stereocenters. The molecule has 0 saturated carbocycles. The van der Waals surface area contributed by atoms with E-state index >= 15 is 0 Å². The van der Waals surface area contributed by atoms with Gasteiger partial charge in [-0.2, -0.15) is 0 Å². The lowest BCUT2D eigenvalue weighted by molar-refractivity contribution is 0.0949. The van der Waals surface area contributed by atoms with Crippen molar-refractivity contribution in [2.24, 2.45) is 0 Å². The zero-order valence-corrected chi connectivity index (χ0v) is 10.3. The molecule has 16 heavy (non-hydrogen) atoms. The van der Waals surface area contributed by atoms with Crippen molar-refractivity contribution in [1.82, 2.24) is 5.32 Å². The number of halogens is 3. The fourth-order valence-electron chi connectivity index (χ4n) is 1.19. The minimum absolute atomic E-state index is 0.0311. The van der Waals surface area contributed by atoms with Crippen LogP contribution in [0.2, 0.25) is 5.02 Å². The standard InChI is InChI=1S/C11H12Cl2FNO/c1-7(12)5-6-15-11(16)10-8(13)3-2-4-9(10)14/h2-4,7H,5-6H2,1H3,(H,15,16). The summed E-state index contributed by atoms with van der Waals surface area (Å²) < 4.78 is 13.3. The zero-order chi connectivity index (χ0) is 12.1. The lowest BCUT2D eigenvalue weighted by Crippen LogP contribution is -2.26. The van der Waals surface area contributed by atoms with Gasteiger partial charge in [0, 0.05) is 11.9 Å². The average molecular weight is 264 g/mol. The Morgan fingerprint density at radius 3 is 2.81 bits per heavy atom. The van der Waals surface area contributed by atoms with Crippen molar-refractivity contribution in [1.29, 1.82) is 0 Å². The van der Waals surface area contributed by atoms with Crippen molar-refractivity contribution in [3.63, 3.8) is 0 Å². The van der Waals surface area contributed by atoms with Crippen LogP contribution >= 0.6 is 23.2 Å². The predicted octanol–water partition coefficient (Wildman–Crippen LogP) is 3.23. The van der Waals surface area contributed by atoms with Crippen LogP contribution in [0.1, 0.15) is 23.7 Å². The summed E-state index contributed by atoms with van der Waals surface area (Å²) in [7, 11) is 0. The van der Waals surface area contributed by atoms with Gasteiger partial charge in [-0.05, 0) is 25.5 Å². The van der Waals surface area contributed by atoms with Gasteiger partial charge in [0.25, 0.3) is 5.91 Å². The van der Waals surface area contributed by atoms with Gasteiger partial charge in [-0.15, -0.1) is 11.6 Å². The third-order valence-electron chi connectivity index (χ3n) is 2.02. The minimum Gasteiger partial charge on any atom is -0.352 e. The molecule has 0 aliphatic rings. The van der Waals surface area contributed by atoms with Gasteiger partial charge in [0.2, 0.25) is 0 Å². The van der Waals surface area contributed by atoms with E-state index in [0.717, 1.165) is 0 Å². The molecule has 1 aromatic carbocycles. The van der Waals surface area contributed by atoms with E-state index in [1.807, 2.05) is 6.92 Å². The number of alkyl halides is 1. The normalized spacial score (nSPS) is 12.2. The number of carbonyl (C=O) groups excluding carboxylic acids is 1. The van der Waals surface area contributed by atoms with Crippen LogP contribution in [0.5, 0.6) is 0 Å². The van der Waals surface area contributed by atoms with Gasteiger partial charge in [-0.25, -0.2) is 4.39 Å². The van der Waals surface area contributed by atoms with Crippen molar-refractivity contribution in [2.45, 2.75) is 18.7 Å². The van der Waals surface area contributed by atoms with E-state index in [1.165, 1.54) is 18.2 Å². The molecular weight excluding hydrogens is 252 g/mol. The topological polar surface area (TPSA) is 29.1 Å². The maximum atomic E-state index is 13.3. The molecule has 1 unspecified atom stereocenters. The maximum Gasteiger partial charge on any atom is 0.255 e. The van der Waals surface area contributed by atoms with Crippen LogP contribution in [-0.4, -0.2) is 17.8 Å². The Labute approximate surface area is 104 Å². The average Bonchev–Trinajstić information content (AvgIpc) is 2.16. The minimum atomic E-state index is -0.621. The third-order valence-corrected chi connectivity index (χ3v) is 2.55. The highest BCUT2D eigenvalue weighted by molar-refractivity contribution is 6.33. The molecule has 0 radical (unpaired) electrons. The van der Waals surface area contributed by atoms with Gasteiger partial charge in [0.15, 0.2) is 0 Å². The molecule has 1 amide bonds. The fourth-order valence-corrected chi connectivity index (χ4v) is 1.55. The van der Waals surface area contributed by atoms with Crippen molar-refractivity contribution in [3.05, 3.63) is 34.6 Å². The number of benzene rings is 1. The van der Waals surface area contributed by atoms with Crippen molar-refractivity contribution >= 4 is 29.1 Å². The molecule has 0 heterocycles. The second kappa shape index (κ2) is 6.06. The van der Waals surface area contributed by atoms with E-state index in [4.69, 9.17) is 23.2 Å². The highest BCUT2D eigenvalue weighted by Gasteiger charge is 2.14. The van der Waals surface area contributed by atoms with Crippen LogP contribution in [-0.2, 0) is 0 Å². The van der Waals surface area contributed by atoms with E-state index in [2.05, 4.69) is 5.32 Å². The van der Waals surface area contributed by atoms with Crippen LogP contribution in [0.3, 0.4) is 0 Å². The first-order valence-corrected chi connectivity index (χ1v) is 5.70. The van der Waals surface area contributed by atoms with Crippen LogP contribution in [0.15, 0.2) is 18.2 Å². The molecule has 0 aliphatic heterocycles. The van der Waals surface area contributed by atoms with Gasteiger partial charge < -0.3 is 5.32 Å². The Balaban J connectivity index is 2.66. The van der Waals surface area contributed by atoms with Gasteiger partial charge >= 0.3 is 0 Å². The Bertz CT molecular complexity index is 362. The van der Waals surface area contributed by atoms with Crippen molar-refractivity contribution < 1.29 is 9.18 Å². The summed E-state index contributed by atoms with van der Waals surface area (Å²) in [4.78, 5) is 11.6. The summed E-state index contributed by atoms with van der Waals surface area (Å²) in [5.41, 5.74) is -0.119. The second-order valence-electron chi connectivity index (χ2n) is 3.42. The first kappa shape index (κ1) is 13.3. The smallest absolute Gasteiger partial charge is 0.255 e. The summed E-state index contributed by atoms with van der Waals surface area (Å²) in [5.74, 6) is -1.13. The van der Waals surface area contributed by atoms with Crippen LogP contribution in [0, 0.1) is 5.82 Å². The van der Waals surface area contributed by atoms with E-state index < -0.39 is 11.7 Å². The number of rotatable bonds is 4. The Morgan fingerprint density at radius 2 is 2.25 bits per heavy atom. The van der Waals surface area contributed by atoms with Crippen LogP contribution < -0.4 is 5.32 Å². The largest absolute Gasteiger partial charge is 0.352 e. The molecule has 0 saturated heterocycles. The summed E-state index contributed by atoms with van der Waals surface area (Å²) in [5, 5.41) is 2.64. The number of hydrogen-bond acceptors (Lipinski definition) is 1. The summed E-state index contributed by atoms with van der Waals surface area (Å²) in [6, 6.07) is 4.13. The lowest BCUT2D eigenvalue weighted by atomic mass is 10.2. The molecule has 0 spiro atoms. The zero-order valence-electron chi connectivity index (χ0n) is 8.77. The lowest BCUT2D eigenvalue weighted by Gasteiger charge is -2.08. The number of hydrogen-bond donors (Lipinski definition) is 1. The Morgan fingerprint density at radius 1 is 1.56 bits per heavy atom. The Kier molecular flexibility index (Phi) is 5.03. The van der Waals surface area contributed by atoms with Gasteiger partial charge in [-0.3, -0.25) is 4.79 Å². The number of amides is 1. The molecule has 1 rings (SSSR count). The predicted molar refractivity (Wildman–Crippen MR) is 63.7 cm³/mol. The molecule has 5 heteroatoms. The van der Waals surface area contributed by atoms with E-state index in [9.17, 15) is 9.18 Å². The van der Waals surface area contributed by atoms with Crippen LogP contribution in [0.4, 0.5) is 4.39 Å². The van der Waals surface area contributed by atoms with Gasteiger partial charge in [-0.1, -0.05) is 17.7 Å². The molecule has 1 N–H and O–H groups in total. The first-order chi connectivity index (χ1) is 7.52. The summed E-state index contributed by atoms with van der Waals surface area (Å²) in [6.45, 7) is 2.22. The molecule has 1 aromatic rings. The van der Waals surface area contributed by atoms with E-state index in [-0.39, 0.29) is 16.0 Å². The monoisotopic (exact) mass is 263 g/mol. The molecule has 0 aliphatic carbocycles. The van der Waals surface area contributed by atoms with Gasteiger partial charge in [0.05, 0.1) is 10.6 Å². The number of carbonyl (C=O) groups is 1. The maximum absolute atomic E-state index is 13.3. The van der Waals surface area contributed by atoms with E-state index in [0.29, 0.717) is 13.0 Å². The van der Waals surface area contributed by atoms with Crippen molar-refractivity contribution in [3.8, 4) is 0 Å². The molecule has 0 bridgehead atoms. The van der Waals surface area contributed by atoms with E-state index in [1.54, 1.807) is 0 Å². The quantitative estimate of drug-likeness (QED) is 0.831. The Hall–Kier alpha value is -0.800. The summed E-state index contributed by atoms with van der Waals surface area (Å²) >= 11 is 11.5. The highest BCUT2D eigenvalue weighted by atomic mass is 35.5. The SMILES string of the molecule is CC(Cl)CCNC(=O)c1c(F)cccc1Cl.